The maximum atomic E-state index is 12.1. The molecule has 1 heterocycles. The van der Waals surface area contributed by atoms with Gasteiger partial charge >= 0.3 is 0 Å². The highest BCUT2D eigenvalue weighted by atomic mass is 16.5. The Hall–Kier alpha value is -2.19. The molecule has 1 aromatic heterocycles. The van der Waals surface area contributed by atoms with Crippen molar-refractivity contribution in [1.82, 2.24) is 10.3 Å². The number of nitrogens with two attached hydrogens (primary N) is 1. The van der Waals surface area contributed by atoms with Gasteiger partial charge in [-0.3, -0.25) is 9.59 Å². The van der Waals surface area contributed by atoms with Crippen LogP contribution in [0.1, 0.15) is 31.7 Å². The molecule has 0 bridgehead atoms. The molecule has 2 rings (SSSR count). The van der Waals surface area contributed by atoms with Crippen molar-refractivity contribution in [3.05, 3.63) is 23.9 Å². The van der Waals surface area contributed by atoms with E-state index in [4.69, 9.17) is 20.4 Å². The van der Waals surface area contributed by atoms with Gasteiger partial charge in [0, 0.05) is 37.2 Å². The molecule has 1 saturated carbocycles. The zero-order valence-electron chi connectivity index (χ0n) is 14.6. The first kappa shape index (κ1) is 20.9. The molecule has 1 aromatic rings. The summed E-state index contributed by atoms with van der Waals surface area (Å²) in [6.07, 6.45) is 3.70. The SMILES string of the molecule is CC(=O)O.COc1ncccc1CCNC(=O)[C@H]1CC[C@@H](O)[C@H](N)C1. The topological polar surface area (TPSA) is 135 Å². The number of nitrogens with zero attached hydrogens (tertiary/aromatic N) is 1. The molecule has 1 fully saturated rings. The van der Waals surface area contributed by atoms with E-state index in [1.54, 1.807) is 13.3 Å². The number of aromatic nitrogens is 1. The quantitative estimate of drug-likeness (QED) is 0.599. The number of hydrogen-bond donors (Lipinski definition) is 4. The van der Waals surface area contributed by atoms with Gasteiger partial charge in [0.15, 0.2) is 0 Å². The van der Waals surface area contributed by atoms with Crippen molar-refractivity contribution >= 4 is 11.9 Å². The first-order valence-corrected chi connectivity index (χ1v) is 8.24. The minimum Gasteiger partial charge on any atom is -0.481 e. The highest BCUT2D eigenvalue weighted by Gasteiger charge is 2.30. The molecule has 8 nitrogen and oxygen atoms in total. The van der Waals surface area contributed by atoms with Crippen molar-refractivity contribution in [2.24, 2.45) is 11.7 Å². The number of aliphatic carboxylic acids is 1. The largest absolute Gasteiger partial charge is 0.481 e. The molecule has 0 radical (unpaired) electrons. The van der Waals surface area contributed by atoms with E-state index >= 15 is 0 Å². The zero-order chi connectivity index (χ0) is 18.8. The van der Waals surface area contributed by atoms with Crippen LogP contribution in [-0.2, 0) is 16.0 Å². The predicted molar refractivity (Wildman–Crippen MR) is 92.1 cm³/mol. The molecular weight excluding hydrogens is 326 g/mol. The lowest BCUT2D eigenvalue weighted by Gasteiger charge is -2.30. The van der Waals surface area contributed by atoms with Crippen LogP contribution in [0.25, 0.3) is 0 Å². The van der Waals surface area contributed by atoms with Gasteiger partial charge in [-0.1, -0.05) is 6.07 Å². The molecule has 0 unspecified atom stereocenters. The number of rotatable bonds is 5. The number of aliphatic hydroxyl groups excluding tert-OH is 1. The standard InChI is InChI=1S/C15H23N3O3.C2H4O2/c1-21-15-10(3-2-7-18-15)6-8-17-14(20)11-4-5-13(19)12(16)9-11;1-2(3)4/h2-3,7,11-13,19H,4-6,8-9,16H2,1H3,(H,17,20);1H3,(H,3,4)/t11-,12+,13+;/m0./s1. The fourth-order valence-electron chi connectivity index (χ4n) is 2.69. The van der Waals surface area contributed by atoms with E-state index in [1.807, 2.05) is 12.1 Å². The zero-order valence-corrected chi connectivity index (χ0v) is 14.6. The molecule has 140 valence electrons. The molecule has 1 aliphatic carbocycles. The van der Waals surface area contributed by atoms with Crippen LogP contribution in [0.5, 0.6) is 5.88 Å². The van der Waals surface area contributed by atoms with Crippen LogP contribution in [0.15, 0.2) is 18.3 Å². The van der Waals surface area contributed by atoms with Crippen molar-refractivity contribution < 1.29 is 24.5 Å². The predicted octanol–water partition coefficient (Wildman–Crippen LogP) is 0.328. The van der Waals surface area contributed by atoms with E-state index in [9.17, 15) is 9.90 Å². The second kappa shape index (κ2) is 10.6. The summed E-state index contributed by atoms with van der Waals surface area (Å²) in [5.74, 6) is -0.325. The highest BCUT2D eigenvalue weighted by Crippen LogP contribution is 2.23. The van der Waals surface area contributed by atoms with E-state index in [2.05, 4.69) is 10.3 Å². The molecule has 25 heavy (non-hydrogen) atoms. The highest BCUT2D eigenvalue weighted by molar-refractivity contribution is 5.78. The lowest BCUT2D eigenvalue weighted by molar-refractivity contribution is -0.134. The van der Waals surface area contributed by atoms with Crippen molar-refractivity contribution in [2.45, 2.75) is 44.8 Å². The van der Waals surface area contributed by atoms with Crippen LogP contribution in [-0.4, -0.2) is 52.9 Å². The monoisotopic (exact) mass is 353 g/mol. The van der Waals surface area contributed by atoms with E-state index in [0.717, 1.165) is 12.5 Å². The number of carboxylic acid groups (broad SMARTS) is 1. The Morgan fingerprint density at radius 2 is 2.12 bits per heavy atom. The number of methoxy groups -OCH3 is 1. The molecule has 1 aliphatic rings. The lowest BCUT2D eigenvalue weighted by Crippen LogP contribution is -2.45. The first-order chi connectivity index (χ1) is 11.8. The second-order valence-electron chi connectivity index (χ2n) is 5.97. The summed E-state index contributed by atoms with van der Waals surface area (Å²) in [7, 11) is 1.58. The van der Waals surface area contributed by atoms with Crippen molar-refractivity contribution in [3.63, 3.8) is 0 Å². The first-order valence-electron chi connectivity index (χ1n) is 8.24. The van der Waals surface area contributed by atoms with Crippen molar-refractivity contribution in [1.29, 1.82) is 0 Å². The molecule has 0 saturated heterocycles. The van der Waals surface area contributed by atoms with Crippen LogP contribution in [0.2, 0.25) is 0 Å². The summed E-state index contributed by atoms with van der Waals surface area (Å²) in [6, 6.07) is 3.49. The van der Waals surface area contributed by atoms with Crippen molar-refractivity contribution in [3.8, 4) is 5.88 Å². The van der Waals surface area contributed by atoms with Crippen LogP contribution < -0.4 is 15.8 Å². The third-order valence-corrected chi connectivity index (χ3v) is 3.97. The number of carbonyl (C=O) groups is 2. The maximum absolute atomic E-state index is 12.1. The summed E-state index contributed by atoms with van der Waals surface area (Å²) >= 11 is 0. The Bertz CT molecular complexity index is 563. The number of amides is 1. The van der Waals surface area contributed by atoms with E-state index < -0.39 is 12.1 Å². The third kappa shape index (κ3) is 7.49. The number of pyridine rings is 1. The molecule has 0 aliphatic heterocycles. The van der Waals surface area contributed by atoms with Crippen molar-refractivity contribution in [2.75, 3.05) is 13.7 Å². The van der Waals surface area contributed by atoms with Gasteiger partial charge < -0.3 is 26.0 Å². The Kier molecular flexibility index (Phi) is 8.87. The van der Waals surface area contributed by atoms with Crippen LogP contribution in [0, 0.1) is 5.92 Å². The molecule has 1 amide bonds. The molecule has 8 heteroatoms. The Morgan fingerprint density at radius 1 is 1.44 bits per heavy atom. The number of hydrogen-bond acceptors (Lipinski definition) is 6. The minimum atomic E-state index is -0.833. The van der Waals surface area contributed by atoms with Gasteiger partial charge in [-0.15, -0.1) is 0 Å². The smallest absolute Gasteiger partial charge is 0.300 e. The lowest BCUT2D eigenvalue weighted by atomic mass is 9.83. The molecule has 3 atom stereocenters. The number of nitrogens with one attached hydrogen (secondary N) is 1. The Morgan fingerprint density at radius 3 is 2.72 bits per heavy atom. The van der Waals surface area contributed by atoms with E-state index in [0.29, 0.717) is 38.1 Å². The van der Waals surface area contributed by atoms with Crippen LogP contribution in [0.4, 0.5) is 0 Å². The van der Waals surface area contributed by atoms with Gasteiger partial charge in [-0.25, -0.2) is 4.98 Å². The molecular formula is C17H27N3O5. The average molecular weight is 353 g/mol. The summed E-state index contributed by atoms with van der Waals surface area (Å²) in [4.78, 5) is 25.2. The van der Waals surface area contributed by atoms with Crippen LogP contribution >= 0.6 is 0 Å². The Balaban J connectivity index is 0.000000705. The minimum absolute atomic E-state index is 0.0141. The normalized spacial score (nSPS) is 22.3. The van der Waals surface area contributed by atoms with E-state index in [-0.39, 0.29) is 17.9 Å². The molecule has 0 spiro atoms. The summed E-state index contributed by atoms with van der Waals surface area (Å²) in [5, 5.41) is 19.9. The fraction of sp³-hybridized carbons (Fsp3) is 0.588. The number of carbonyl (C=O) groups excluding carboxylic acids is 1. The second-order valence-corrected chi connectivity index (χ2v) is 5.97. The summed E-state index contributed by atoms with van der Waals surface area (Å²) in [6.45, 7) is 1.62. The van der Waals surface area contributed by atoms with Gasteiger partial charge in [0.05, 0.1) is 13.2 Å². The van der Waals surface area contributed by atoms with Gasteiger partial charge in [0.1, 0.15) is 0 Å². The number of carboxylic acids is 1. The molecule has 0 aromatic carbocycles. The van der Waals surface area contributed by atoms with Gasteiger partial charge in [0.25, 0.3) is 5.97 Å². The van der Waals surface area contributed by atoms with Crippen LogP contribution in [0.3, 0.4) is 0 Å². The van der Waals surface area contributed by atoms with E-state index in [1.165, 1.54) is 0 Å². The number of ether oxygens (including phenoxy) is 1. The number of aliphatic hydroxyl groups is 1. The van der Waals surface area contributed by atoms with Gasteiger partial charge in [-0.2, -0.15) is 0 Å². The average Bonchev–Trinajstić information content (AvgIpc) is 2.57. The summed E-state index contributed by atoms with van der Waals surface area (Å²) < 4.78 is 5.18. The summed E-state index contributed by atoms with van der Waals surface area (Å²) in [5.41, 5.74) is 6.78. The molecule has 5 N–H and O–H groups in total. The maximum Gasteiger partial charge on any atom is 0.300 e. The Labute approximate surface area is 147 Å². The third-order valence-electron chi connectivity index (χ3n) is 3.97. The van der Waals surface area contributed by atoms with Gasteiger partial charge in [0.2, 0.25) is 11.8 Å². The van der Waals surface area contributed by atoms with Gasteiger partial charge in [-0.05, 0) is 31.7 Å². The fourth-order valence-corrected chi connectivity index (χ4v) is 2.69.